The Hall–Kier alpha value is -2.34. The summed E-state index contributed by atoms with van der Waals surface area (Å²) in [5, 5.41) is 9.25. The van der Waals surface area contributed by atoms with Gasteiger partial charge in [0.25, 0.3) is 0 Å². The Morgan fingerprint density at radius 3 is 2.20 bits per heavy atom. The van der Waals surface area contributed by atoms with Crippen LogP contribution in [0.15, 0.2) is 47.4 Å². The van der Waals surface area contributed by atoms with Gasteiger partial charge in [-0.15, -0.1) is 0 Å². The molecule has 2 rings (SSSR count). The van der Waals surface area contributed by atoms with Crippen LogP contribution in [0.2, 0.25) is 0 Å². The molecule has 0 radical (unpaired) electrons. The molecular formula is C14H13NO4S. The largest absolute Gasteiger partial charge is 0.478 e. The number of nitrogens with two attached hydrogens (primary N) is 1. The van der Waals surface area contributed by atoms with Crippen LogP contribution < -0.4 is 5.73 Å². The smallest absolute Gasteiger partial charge is 0.336 e. The molecule has 0 saturated carbocycles. The number of aromatic carboxylic acids is 1. The molecule has 104 valence electrons. The highest BCUT2D eigenvalue weighted by atomic mass is 32.2. The van der Waals surface area contributed by atoms with Crippen LogP contribution in [-0.2, 0) is 9.84 Å². The standard InChI is InChI=1S/C14H13NO4S/c1-20(18,19)11-6-7-12(13(8-11)14(16)17)9-2-4-10(15)5-3-9/h2-8H,15H2,1H3,(H,16,17). The molecule has 0 unspecified atom stereocenters. The van der Waals surface area contributed by atoms with Gasteiger partial charge >= 0.3 is 5.97 Å². The SMILES string of the molecule is CS(=O)(=O)c1ccc(-c2ccc(N)cc2)c(C(=O)O)c1. The number of hydrogen-bond donors (Lipinski definition) is 2. The zero-order valence-corrected chi connectivity index (χ0v) is 11.5. The lowest BCUT2D eigenvalue weighted by atomic mass is 9.99. The fourth-order valence-corrected chi connectivity index (χ4v) is 2.49. The second-order valence-electron chi connectivity index (χ2n) is 4.41. The van der Waals surface area contributed by atoms with E-state index in [2.05, 4.69) is 0 Å². The molecule has 0 aliphatic rings. The maximum Gasteiger partial charge on any atom is 0.336 e. The van der Waals surface area contributed by atoms with E-state index >= 15 is 0 Å². The summed E-state index contributed by atoms with van der Waals surface area (Å²) in [4.78, 5) is 11.3. The fourth-order valence-electron chi connectivity index (χ4n) is 1.85. The number of carboxylic acids is 1. The van der Waals surface area contributed by atoms with Gasteiger partial charge < -0.3 is 10.8 Å². The summed E-state index contributed by atoms with van der Waals surface area (Å²) in [7, 11) is -3.45. The second kappa shape index (κ2) is 4.97. The average molecular weight is 291 g/mol. The molecule has 0 bridgehead atoms. The minimum Gasteiger partial charge on any atom is -0.478 e. The first-order valence-corrected chi connectivity index (χ1v) is 7.61. The van der Waals surface area contributed by atoms with Crippen molar-refractivity contribution in [3.63, 3.8) is 0 Å². The monoisotopic (exact) mass is 291 g/mol. The van der Waals surface area contributed by atoms with E-state index in [-0.39, 0.29) is 10.5 Å². The summed E-state index contributed by atoms with van der Waals surface area (Å²) in [6, 6.07) is 10.8. The van der Waals surface area contributed by atoms with Gasteiger partial charge in [0.2, 0.25) is 0 Å². The molecule has 0 aliphatic carbocycles. The first-order valence-electron chi connectivity index (χ1n) is 5.72. The van der Waals surface area contributed by atoms with Crippen LogP contribution >= 0.6 is 0 Å². The predicted octanol–water partition coefficient (Wildman–Crippen LogP) is 2.04. The van der Waals surface area contributed by atoms with Gasteiger partial charge in [-0.2, -0.15) is 0 Å². The van der Waals surface area contributed by atoms with Crippen molar-refractivity contribution in [2.75, 3.05) is 12.0 Å². The molecule has 0 fully saturated rings. The van der Waals surface area contributed by atoms with Crippen LogP contribution in [0, 0.1) is 0 Å². The van der Waals surface area contributed by atoms with Gasteiger partial charge in [0.05, 0.1) is 10.5 Å². The van der Waals surface area contributed by atoms with E-state index in [9.17, 15) is 18.3 Å². The summed E-state index contributed by atoms with van der Waals surface area (Å²) in [6.07, 6.45) is 1.04. The molecule has 0 spiro atoms. The van der Waals surface area contributed by atoms with E-state index in [1.54, 1.807) is 24.3 Å². The Labute approximate surface area is 116 Å². The first-order chi connectivity index (χ1) is 9.29. The summed E-state index contributed by atoms with van der Waals surface area (Å²) in [5.41, 5.74) is 7.21. The first kappa shape index (κ1) is 14.1. The molecule has 20 heavy (non-hydrogen) atoms. The van der Waals surface area contributed by atoms with Gasteiger partial charge in [-0.05, 0) is 35.4 Å². The molecule has 0 saturated heterocycles. The number of carbonyl (C=O) groups is 1. The second-order valence-corrected chi connectivity index (χ2v) is 6.42. The minimum atomic E-state index is -3.45. The maximum atomic E-state index is 11.5. The van der Waals surface area contributed by atoms with Gasteiger partial charge in [-0.25, -0.2) is 13.2 Å². The quantitative estimate of drug-likeness (QED) is 0.843. The molecule has 0 aliphatic heterocycles. The third kappa shape index (κ3) is 2.80. The van der Waals surface area contributed by atoms with Crippen molar-refractivity contribution in [1.82, 2.24) is 0 Å². The van der Waals surface area contributed by atoms with Crippen molar-refractivity contribution in [3.05, 3.63) is 48.0 Å². The maximum absolute atomic E-state index is 11.5. The lowest BCUT2D eigenvalue weighted by molar-refractivity contribution is 0.0697. The van der Waals surface area contributed by atoms with E-state index in [1.807, 2.05) is 0 Å². The minimum absolute atomic E-state index is 0.0194. The molecule has 0 heterocycles. The Morgan fingerprint density at radius 2 is 1.70 bits per heavy atom. The molecule has 0 aromatic heterocycles. The summed E-state index contributed by atoms with van der Waals surface area (Å²) in [5.74, 6) is -1.18. The zero-order valence-electron chi connectivity index (χ0n) is 10.7. The topological polar surface area (TPSA) is 97.5 Å². The van der Waals surface area contributed by atoms with Crippen molar-refractivity contribution in [2.24, 2.45) is 0 Å². The molecule has 6 heteroatoms. The van der Waals surface area contributed by atoms with E-state index in [0.717, 1.165) is 6.26 Å². The number of carboxylic acid groups (broad SMARTS) is 1. The van der Waals surface area contributed by atoms with E-state index in [1.165, 1.54) is 18.2 Å². The zero-order chi connectivity index (χ0) is 14.9. The third-order valence-electron chi connectivity index (χ3n) is 2.87. The van der Waals surface area contributed by atoms with Crippen LogP contribution in [0.4, 0.5) is 5.69 Å². The lowest BCUT2D eigenvalue weighted by Crippen LogP contribution is -2.04. The molecule has 3 N–H and O–H groups in total. The third-order valence-corrected chi connectivity index (χ3v) is 3.98. The van der Waals surface area contributed by atoms with E-state index in [4.69, 9.17) is 5.73 Å². The number of sulfone groups is 1. The number of nitrogen functional groups attached to an aromatic ring is 1. The summed E-state index contributed by atoms with van der Waals surface area (Å²) in [6.45, 7) is 0. The van der Waals surface area contributed by atoms with Crippen LogP contribution in [0.1, 0.15) is 10.4 Å². The Morgan fingerprint density at radius 1 is 1.10 bits per heavy atom. The number of anilines is 1. The Balaban J connectivity index is 2.65. The highest BCUT2D eigenvalue weighted by Crippen LogP contribution is 2.27. The normalized spacial score (nSPS) is 11.2. The van der Waals surface area contributed by atoms with Gasteiger partial charge in [-0.1, -0.05) is 18.2 Å². The molecule has 5 nitrogen and oxygen atoms in total. The van der Waals surface area contributed by atoms with Gasteiger partial charge in [-0.3, -0.25) is 0 Å². The number of rotatable bonds is 3. The van der Waals surface area contributed by atoms with Crippen LogP contribution in [0.25, 0.3) is 11.1 Å². The van der Waals surface area contributed by atoms with Crippen molar-refractivity contribution in [3.8, 4) is 11.1 Å². The van der Waals surface area contributed by atoms with Crippen LogP contribution in [0.5, 0.6) is 0 Å². The molecular weight excluding hydrogens is 278 g/mol. The molecule has 0 atom stereocenters. The number of benzene rings is 2. The van der Waals surface area contributed by atoms with Crippen molar-refractivity contribution in [2.45, 2.75) is 4.90 Å². The van der Waals surface area contributed by atoms with E-state index in [0.29, 0.717) is 16.8 Å². The van der Waals surface area contributed by atoms with E-state index < -0.39 is 15.8 Å². The van der Waals surface area contributed by atoms with Gasteiger partial charge in [0, 0.05) is 11.9 Å². The van der Waals surface area contributed by atoms with Crippen molar-refractivity contribution >= 4 is 21.5 Å². The van der Waals surface area contributed by atoms with Gasteiger partial charge in [0.1, 0.15) is 0 Å². The lowest BCUT2D eigenvalue weighted by Gasteiger charge is -2.08. The molecule has 2 aromatic rings. The Kier molecular flexibility index (Phi) is 3.50. The van der Waals surface area contributed by atoms with Crippen molar-refractivity contribution in [1.29, 1.82) is 0 Å². The highest BCUT2D eigenvalue weighted by molar-refractivity contribution is 7.90. The molecule has 2 aromatic carbocycles. The summed E-state index contributed by atoms with van der Waals surface area (Å²) < 4.78 is 23.0. The number of hydrogen-bond acceptors (Lipinski definition) is 4. The van der Waals surface area contributed by atoms with Crippen molar-refractivity contribution < 1.29 is 18.3 Å². The highest BCUT2D eigenvalue weighted by Gasteiger charge is 2.16. The summed E-state index contributed by atoms with van der Waals surface area (Å²) >= 11 is 0. The predicted molar refractivity (Wildman–Crippen MR) is 76.4 cm³/mol. The van der Waals surface area contributed by atoms with Crippen LogP contribution in [0.3, 0.4) is 0 Å². The van der Waals surface area contributed by atoms with Gasteiger partial charge in [0.15, 0.2) is 9.84 Å². The fraction of sp³-hybridized carbons (Fsp3) is 0.0714. The molecule has 0 amide bonds. The van der Waals surface area contributed by atoms with Crippen LogP contribution in [-0.4, -0.2) is 25.7 Å². The average Bonchev–Trinajstić information content (AvgIpc) is 2.38. The Bertz CT molecular complexity index is 764.